The molecule has 0 aliphatic carbocycles. The van der Waals surface area contributed by atoms with E-state index in [1.54, 1.807) is 10.7 Å². The Morgan fingerprint density at radius 1 is 1.38 bits per heavy atom. The van der Waals surface area contributed by atoms with Crippen LogP contribution in [0, 0.1) is 11.3 Å². The molecule has 3 saturated heterocycles. The number of amides is 1. The van der Waals surface area contributed by atoms with Gasteiger partial charge in [-0.3, -0.25) is 4.90 Å². The summed E-state index contributed by atoms with van der Waals surface area (Å²) in [5.41, 5.74) is 1.83. The Hall–Kier alpha value is -2.27. The van der Waals surface area contributed by atoms with Crippen molar-refractivity contribution in [3.63, 3.8) is 0 Å². The van der Waals surface area contributed by atoms with Crippen LogP contribution in [0.3, 0.4) is 0 Å². The van der Waals surface area contributed by atoms with Crippen molar-refractivity contribution in [3.8, 4) is 6.07 Å². The molecule has 5 rings (SSSR count). The second kappa shape index (κ2) is 5.88. The number of hydrogen-bond acceptors (Lipinski definition) is 5. The zero-order chi connectivity index (χ0) is 18.6. The van der Waals surface area contributed by atoms with Crippen LogP contribution in [0.15, 0.2) is 22.9 Å². The first-order chi connectivity index (χ1) is 12.3. The summed E-state index contributed by atoms with van der Waals surface area (Å²) in [4.78, 5) is 16.5. The van der Waals surface area contributed by atoms with Crippen LogP contribution in [0.5, 0.6) is 0 Å². The van der Waals surface area contributed by atoms with Gasteiger partial charge in [-0.05, 0) is 49.2 Å². The van der Waals surface area contributed by atoms with Gasteiger partial charge in [0.05, 0.1) is 29.5 Å². The van der Waals surface area contributed by atoms with E-state index in [4.69, 9.17) is 4.74 Å². The molecule has 136 valence electrons. The highest BCUT2D eigenvalue weighted by Crippen LogP contribution is 2.38. The van der Waals surface area contributed by atoms with E-state index in [-0.39, 0.29) is 18.2 Å². The fourth-order valence-corrected chi connectivity index (χ4v) is 4.22. The summed E-state index contributed by atoms with van der Waals surface area (Å²) < 4.78 is 8.16. The van der Waals surface area contributed by atoms with Crippen molar-refractivity contribution in [2.24, 2.45) is 0 Å². The van der Waals surface area contributed by atoms with Crippen LogP contribution < -0.4 is 4.90 Å². The van der Waals surface area contributed by atoms with E-state index in [1.807, 2.05) is 37.9 Å². The van der Waals surface area contributed by atoms with Crippen molar-refractivity contribution in [2.45, 2.75) is 44.9 Å². The van der Waals surface area contributed by atoms with Gasteiger partial charge in [-0.2, -0.15) is 10.4 Å². The molecule has 1 amide bonds. The highest BCUT2D eigenvalue weighted by atomic mass is 79.9. The predicted octanol–water partition coefficient (Wildman–Crippen LogP) is 3.17. The molecule has 0 saturated carbocycles. The van der Waals surface area contributed by atoms with Gasteiger partial charge in [-0.25, -0.2) is 9.31 Å². The van der Waals surface area contributed by atoms with Crippen LogP contribution in [0.2, 0.25) is 0 Å². The number of rotatable bonds is 1. The maximum Gasteiger partial charge on any atom is 0.410 e. The van der Waals surface area contributed by atoms with Gasteiger partial charge in [0.1, 0.15) is 17.2 Å². The molecule has 2 unspecified atom stereocenters. The quantitative estimate of drug-likeness (QED) is 0.712. The molecule has 2 aromatic heterocycles. The van der Waals surface area contributed by atoms with Crippen LogP contribution in [0.25, 0.3) is 5.52 Å². The van der Waals surface area contributed by atoms with E-state index in [2.05, 4.69) is 32.0 Å². The molecule has 0 aromatic carbocycles. The SMILES string of the molecule is CC(C)(C)OC(=O)N1C2CC1CN(c1cc(Br)cn3ncc(C#N)c13)C2. The van der Waals surface area contributed by atoms with Crippen molar-refractivity contribution in [3.05, 3.63) is 28.5 Å². The Kier molecular flexibility index (Phi) is 3.88. The van der Waals surface area contributed by atoms with Crippen molar-refractivity contribution in [2.75, 3.05) is 18.0 Å². The molecule has 0 radical (unpaired) electrons. The summed E-state index contributed by atoms with van der Waals surface area (Å²) in [6.07, 6.45) is 4.19. The molecule has 3 aliphatic rings. The van der Waals surface area contributed by atoms with E-state index >= 15 is 0 Å². The van der Waals surface area contributed by atoms with Crippen molar-refractivity contribution in [1.82, 2.24) is 14.5 Å². The largest absolute Gasteiger partial charge is 0.444 e. The summed E-state index contributed by atoms with van der Waals surface area (Å²) in [6, 6.07) is 4.50. The van der Waals surface area contributed by atoms with E-state index in [0.717, 1.165) is 35.2 Å². The van der Waals surface area contributed by atoms with Crippen LogP contribution in [0.4, 0.5) is 10.5 Å². The summed E-state index contributed by atoms with van der Waals surface area (Å²) in [5, 5.41) is 13.7. The first kappa shape index (κ1) is 17.2. The Morgan fingerprint density at radius 3 is 2.69 bits per heavy atom. The van der Waals surface area contributed by atoms with Crippen LogP contribution in [-0.2, 0) is 4.74 Å². The average molecular weight is 418 g/mol. The third-order valence-corrected chi connectivity index (χ3v) is 5.25. The molecule has 3 fully saturated rings. The smallest absolute Gasteiger partial charge is 0.410 e. The summed E-state index contributed by atoms with van der Waals surface area (Å²) in [6.45, 7) is 7.09. The normalized spacial score (nSPS) is 22.1. The first-order valence-electron chi connectivity index (χ1n) is 8.60. The number of piperidine rings is 1. The summed E-state index contributed by atoms with van der Waals surface area (Å²) in [5.74, 6) is 0. The number of aromatic nitrogens is 2. The standard InChI is InChI=1S/C18H20BrN5O2/c1-18(2,3)26-17(25)24-13-5-14(24)10-22(9-13)15-4-12(19)8-23-16(15)11(6-20)7-21-23/h4,7-8,13-14H,5,9-10H2,1-3H3. The second-order valence-corrected chi connectivity index (χ2v) is 8.76. The molecule has 0 spiro atoms. The van der Waals surface area contributed by atoms with Crippen molar-refractivity contribution < 1.29 is 9.53 Å². The van der Waals surface area contributed by atoms with Gasteiger partial charge in [0.2, 0.25) is 0 Å². The number of piperazine rings is 1. The average Bonchev–Trinajstić information content (AvgIpc) is 2.94. The van der Waals surface area contributed by atoms with E-state index in [0.29, 0.717) is 5.56 Å². The molecule has 5 heterocycles. The third-order valence-electron chi connectivity index (χ3n) is 4.82. The van der Waals surface area contributed by atoms with Gasteiger partial charge in [0.25, 0.3) is 0 Å². The monoisotopic (exact) mass is 417 g/mol. The first-order valence-corrected chi connectivity index (χ1v) is 9.39. The lowest BCUT2D eigenvalue weighted by Crippen LogP contribution is -2.70. The molecule has 26 heavy (non-hydrogen) atoms. The molecule has 2 bridgehead atoms. The van der Waals surface area contributed by atoms with Crippen LogP contribution in [-0.4, -0.2) is 51.4 Å². The van der Waals surface area contributed by atoms with Crippen molar-refractivity contribution in [1.29, 1.82) is 5.26 Å². The summed E-state index contributed by atoms with van der Waals surface area (Å²) in [7, 11) is 0. The lowest BCUT2D eigenvalue weighted by molar-refractivity contribution is -0.0379. The maximum absolute atomic E-state index is 12.4. The number of halogens is 1. The number of carbonyl (C=O) groups excluding carboxylic acids is 1. The Morgan fingerprint density at radius 2 is 2.08 bits per heavy atom. The fourth-order valence-electron chi connectivity index (χ4n) is 3.81. The van der Waals surface area contributed by atoms with E-state index < -0.39 is 5.60 Å². The zero-order valence-electron chi connectivity index (χ0n) is 14.9. The summed E-state index contributed by atoms with van der Waals surface area (Å²) >= 11 is 3.52. The van der Waals surface area contributed by atoms with Gasteiger partial charge in [-0.15, -0.1) is 0 Å². The highest BCUT2D eigenvalue weighted by molar-refractivity contribution is 9.10. The number of carbonyl (C=O) groups is 1. The lowest BCUT2D eigenvalue weighted by atomic mass is 9.87. The minimum atomic E-state index is -0.490. The Labute approximate surface area is 160 Å². The lowest BCUT2D eigenvalue weighted by Gasteiger charge is -2.56. The zero-order valence-corrected chi connectivity index (χ0v) is 16.5. The molecule has 7 nitrogen and oxygen atoms in total. The Bertz CT molecular complexity index is 914. The maximum atomic E-state index is 12.4. The third kappa shape index (κ3) is 2.80. The number of fused-ring (bicyclic) bond motifs is 3. The molecule has 3 aliphatic heterocycles. The number of ether oxygens (including phenoxy) is 1. The van der Waals surface area contributed by atoms with Gasteiger partial charge in [0.15, 0.2) is 0 Å². The minimum Gasteiger partial charge on any atom is -0.444 e. The number of pyridine rings is 1. The van der Waals surface area contributed by atoms with Crippen LogP contribution in [0.1, 0.15) is 32.8 Å². The molecule has 2 aromatic rings. The van der Waals surface area contributed by atoms with Crippen molar-refractivity contribution >= 4 is 33.2 Å². The second-order valence-electron chi connectivity index (χ2n) is 7.84. The molecular weight excluding hydrogens is 398 g/mol. The number of hydrogen-bond donors (Lipinski definition) is 0. The molecular formula is C18H20BrN5O2. The number of anilines is 1. The minimum absolute atomic E-state index is 0.135. The number of nitriles is 1. The van der Waals surface area contributed by atoms with Gasteiger partial charge in [0, 0.05) is 23.8 Å². The topological polar surface area (TPSA) is 73.9 Å². The predicted molar refractivity (Wildman–Crippen MR) is 100 cm³/mol. The fraction of sp³-hybridized carbons (Fsp3) is 0.500. The van der Waals surface area contributed by atoms with E-state index in [9.17, 15) is 10.1 Å². The van der Waals surface area contributed by atoms with Gasteiger partial charge in [-0.1, -0.05) is 0 Å². The van der Waals surface area contributed by atoms with Gasteiger partial charge >= 0.3 is 6.09 Å². The Balaban J connectivity index is 1.60. The number of nitrogens with zero attached hydrogens (tertiary/aromatic N) is 5. The highest BCUT2D eigenvalue weighted by Gasteiger charge is 2.49. The molecule has 8 heteroatoms. The van der Waals surface area contributed by atoms with E-state index in [1.165, 1.54) is 0 Å². The van der Waals surface area contributed by atoms with Gasteiger partial charge < -0.3 is 9.64 Å². The van der Waals surface area contributed by atoms with Crippen LogP contribution >= 0.6 is 15.9 Å². The molecule has 2 atom stereocenters. The molecule has 0 N–H and O–H groups in total.